The van der Waals surface area contributed by atoms with Crippen molar-refractivity contribution in [3.8, 4) is 0 Å². The standard InChI is InChI=1S/C21H26N2O6/c1-27-20(25)16-12-29-13-23(18(16)21(26)28-2)17-11-7-6-10-15(17)19(24)22-14-8-4-3-5-9-14/h6-7,10-11,14H,3-5,8-9,12-13H2,1-2H3,(H,22,24). The Balaban J connectivity index is 1.97. The number of para-hydroxylation sites is 1. The Morgan fingerprint density at radius 1 is 1.03 bits per heavy atom. The summed E-state index contributed by atoms with van der Waals surface area (Å²) in [4.78, 5) is 39.2. The van der Waals surface area contributed by atoms with E-state index in [1.807, 2.05) is 0 Å². The molecule has 0 atom stereocenters. The number of esters is 2. The first-order valence-electron chi connectivity index (χ1n) is 9.71. The van der Waals surface area contributed by atoms with Gasteiger partial charge in [0.05, 0.1) is 37.7 Å². The van der Waals surface area contributed by atoms with Crippen LogP contribution in [-0.2, 0) is 23.8 Å². The molecule has 1 aromatic carbocycles. The van der Waals surface area contributed by atoms with E-state index in [-0.39, 0.29) is 36.6 Å². The van der Waals surface area contributed by atoms with Crippen molar-refractivity contribution in [2.75, 3.05) is 32.5 Å². The number of ether oxygens (including phenoxy) is 3. The molecule has 8 nitrogen and oxygen atoms in total. The number of hydrogen-bond donors (Lipinski definition) is 1. The molecule has 3 rings (SSSR count). The van der Waals surface area contributed by atoms with Gasteiger partial charge in [-0.15, -0.1) is 0 Å². The van der Waals surface area contributed by atoms with E-state index < -0.39 is 11.9 Å². The summed E-state index contributed by atoms with van der Waals surface area (Å²) < 4.78 is 15.2. The summed E-state index contributed by atoms with van der Waals surface area (Å²) in [7, 11) is 2.47. The number of anilines is 1. The highest BCUT2D eigenvalue weighted by atomic mass is 16.5. The second-order valence-corrected chi connectivity index (χ2v) is 7.04. The molecule has 0 bridgehead atoms. The van der Waals surface area contributed by atoms with Crippen molar-refractivity contribution in [1.29, 1.82) is 0 Å². The van der Waals surface area contributed by atoms with E-state index in [0.29, 0.717) is 11.3 Å². The van der Waals surface area contributed by atoms with Crippen LogP contribution < -0.4 is 10.2 Å². The van der Waals surface area contributed by atoms with Gasteiger partial charge >= 0.3 is 11.9 Å². The zero-order valence-electron chi connectivity index (χ0n) is 16.7. The van der Waals surface area contributed by atoms with Gasteiger partial charge in [0.15, 0.2) is 0 Å². The van der Waals surface area contributed by atoms with Crippen molar-refractivity contribution in [3.63, 3.8) is 0 Å². The number of amides is 1. The second-order valence-electron chi connectivity index (χ2n) is 7.04. The monoisotopic (exact) mass is 402 g/mol. The number of nitrogens with one attached hydrogen (secondary N) is 1. The minimum Gasteiger partial charge on any atom is -0.466 e. The van der Waals surface area contributed by atoms with Crippen molar-refractivity contribution in [2.45, 2.75) is 38.1 Å². The molecule has 0 spiro atoms. The number of methoxy groups -OCH3 is 2. The quantitative estimate of drug-likeness (QED) is 0.754. The number of benzene rings is 1. The highest BCUT2D eigenvalue weighted by Crippen LogP contribution is 2.30. The fourth-order valence-electron chi connectivity index (χ4n) is 3.74. The lowest BCUT2D eigenvalue weighted by atomic mass is 9.95. The summed E-state index contributed by atoms with van der Waals surface area (Å²) in [6.07, 6.45) is 5.31. The lowest BCUT2D eigenvalue weighted by molar-refractivity contribution is -0.140. The molecule has 1 fully saturated rings. The van der Waals surface area contributed by atoms with Gasteiger partial charge in [0.1, 0.15) is 12.4 Å². The molecule has 0 saturated heterocycles. The minimum atomic E-state index is -0.698. The van der Waals surface area contributed by atoms with E-state index in [9.17, 15) is 14.4 Å². The highest BCUT2D eigenvalue weighted by Gasteiger charge is 2.34. The van der Waals surface area contributed by atoms with Crippen LogP contribution in [0.2, 0.25) is 0 Å². The molecule has 0 radical (unpaired) electrons. The predicted molar refractivity (Wildman–Crippen MR) is 105 cm³/mol. The fourth-order valence-corrected chi connectivity index (χ4v) is 3.74. The zero-order chi connectivity index (χ0) is 20.8. The van der Waals surface area contributed by atoms with Gasteiger partial charge < -0.3 is 24.4 Å². The van der Waals surface area contributed by atoms with Crippen molar-refractivity contribution in [3.05, 3.63) is 41.1 Å². The summed E-state index contributed by atoms with van der Waals surface area (Å²) in [5.74, 6) is -1.60. The second kappa shape index (κ2) is 9.56. The number of nitrogens with zero attached hydrogens (tertiary/aromatic N) is 1. The number of carbonyl (C=O) groups is 3. The molecular formula is C21H26N2O6. The van der Waals surface area contributed by atoms with Gasteiger partial charge in [0.2, 0.25) is 0 Å². The Bertz CT molecular complexity index is 813. The molecule has 1 heterocycles. The van der Waals surface area contributed by atoms with Crippen LogP contribution in [0.5, 0.6) is 0 Å². The topological polar surface area (TPSA) is 94.2 Å². The van der Waals surface area contributed by atoms with Crippen molar-refractivity contribution in [1.82, 2.24) is 5.32 Å². The van der Waals surface area contributed by atoms with E-state index in [1.165, 1.54) is 25.5 Å². The van der Waals surface area contributed by atoms with E-state index >= 15 is 0 Å². The van der Waals surface area contributed by atoms with Crippen molar-refractivity contribution < 1.29 is 28.6 Å². The van der Waals surface area contributed by atoms with Gasteiger partial charge in [-0.05, 0) is 25.0 Å². The first kappa shape index (κ1) is 20.9. The Morgan fingerprint density at radius 2 is 1.72 bits per heavy atom. The fraction of sp³-hybridized carbons (Fsp3) is 0.476. The maximum Gasteiger partial charge on any atom is 0.355 e. The normalized spacial score (nSPS) is 17.7. The Kier molecular flexibility index (Phi) is 6.87. The molecule has 1 amide bonds. The molecule has 29 heavy (non-hydrogen) atoms. The average Bonchev–Trinajstić information content (AvgIpc) is 2.78. The first-order chi connectivity index (χ1) is 14.1. The third-order valence-corrected chi connectivity index (χ3v) is 5.21. The molecule has 8 heteroatoms. The van der Waals surface area contributed by atoms with Gasteiger partial charge in [0.25, 0.3) is 5.91 Å². The van der Waals surface area contributed by atoms with Gasteiger partial charge in [-0.3, -0.25) is 4.79 Å². The molecule has 1 saturated carbocycles. The van der Waals surface area contributed by atoms with Gasteiger partial charge in [-0.1, -0.05) is 31.4 Å². The number of hydrogen-bond acceptors (Lipinski definition) is 7. The maximum absolute atomic E-state index is 13.0. The van der Waals surface area contributed by atoms with Crippen molar-refractivity contribution >= 4 is 23.5 Å². The third-order valence-electron chi connectivity index (χ3n) is 5.21. The van der Waals surface area contributed by atoms with Crippen LogP contribution >= 0.6 is 0 Å². The smallest absolute Gasteiger partial charge is 0.355 e. The SMILES string of the molecule is COC(=O)C1=C(C(=O)OC)N(c2ccccc2C(=O)NC2CCCCC2)COC1. The van der Waals surface area contributed by atoms with Crippen LogP contribution in [0.4, 0.5) is 5.69 Å². The minimum absolute atomic E-state index is 0.00134. The molecular weight excluding hydrogens is 376 g/mol. The maximum atomic E-state index is 13.0. The molecule has 156 valence electrons. The van der Waals surface area contributed by atoms with E-state index in [4.69, 9.17) is 14.2 Å². The van der Waals surface area contributed by atoms with Crippen LogP contribution in [0.1, 0.15) is 42.5 Å². The molecule has 2 aliphatic rings. The number of rotatable bonds is 5. The van der Waals surface area contributed by atoms with Gasteiger partial charge in [-0.25, -0.2) is 9.59 Å². The molecule has 1 aliphatic carbocycles. The van der Waals surface area contributed by atoms with Crippen LogP contribution in [0, 0.1) is 0 Å². The van der Waals surface area contributed by atoms with E-state index in [1.54, 1.807) is 24.3 Å². The van der Waals surface area contributed by atoms with E-state index in [0.717, 1.165) is 25.7 Å². The predicted octanol–water partition coefficient (Wildman–Crippen LogP) is 2.14. The summed E-state index contributed by atoms with van der Waals surface area (Å²) in [5, 5.41) is 3.09. The molecule has 1 aromatic rings. The molecule has 0 aromatic heterocycles. The zero-order valence-corrected chi connectivity index (χ0v) is 16.7. The molecule has 0 unspecified atom stereocenters. The average molecular weight is 402 g/mol. The molecule has 1 aliphatic heterocycles. The van der Waals surface area contributed by atoms with E-state index in [2.05, 4.69) is 5.32 Å². The Labute approximate surface area is 169 Å². The van der Waals surface area contributed by atoms with Crippen LogP contribution in [0.25, 0.3) is 0 Å². The summed E-state index contributed by atoms with van der Waals surface area (Å²) in [5.41, 5.74) is 0.924. The lowest BCUT2D eigenvalue weighted by Gasteiger charge is -2.32. The van der Waals surface area contributed by atoms with Gasteiger partial charge in [0, 0.05) is 6.04 Å². The number of carbonyl (C=O) groups excluding carboxylic acids is 3. The van der Waals surface area contributed by atoms with Crippen molar-refractivity contribution in [2.24, 2.45) is 0 Å². The Morgan fingerprint density at radius 3 is 2.41 bits per heavy atom. The van der Waals surface area contributed by atoms with Gasteiger partial charge in [-0.2, -0.15) is 0 Å². The molecule has 1 N–H and O–H groups in total. The summed E-state index contributed by atoms with van der Waals surface area (Å²) in [6.45, 7) is -0.0807. The first-order valence-corrected chi connectivity index (χ1v) is 9.71. The van der Waals surface area contributed by atoms with Crippen LogP contribution in [0.15, 0.2) is 35.5 Å². The Hall–Kier alpha value is -2.87. The lowest BCUT2D eigenvalue weighted by Crippen LogP contribution is -2.41. The third kappa shape index (κ3) is 4.59. The van der Waals surface area contributed by atoms with Crippen LogP contribution in [0.3, 0.4) is 0 Å². The highest BCUT2D eigenvalue weighted by molar-refractivity contribution is 6.06. The summed E-state index contributed by atoms with van der Waals surface area (Å²) in [6, 6.07) is 7.06. The summed E-state index contributed by atoms with van der Waals surface area (Å²) >= 11 is 0. The largest absolute Gasteiger partial charge is 0.466 e. The van der Waals surface area contributed by atoms with Crippen LogP contribution in [-0.4, -0.2) is 51.4 Å².